The quantitative estimate of drug-likeness (QED) is 0.485. The maximum Gasteiger partial charge on any atom is 0.340 e. The molecule has 0 spiro atoms. The SMILES string of the molecule is COC(=O)c1ccccc1-n1ncc(NCCOc2ccccc2)c(Cl)c1=O. The molecule has 0 atom stereocenters. The lowest BCUT2D eigenvalue weighted by Gasteiger charge is -2.12. The zero-order valence-electron chi connectivity index (χ0n) is 15.1. The lowest BCUT2D eigenvalue weighted by molar-refractivity contribution is 0.0600. The van der Waals surface area contributed by atoms with Crippen LogP contribution in [-0.2, 0) is 4.74 Å². The van der Waals surface area contributed by atoms with Crippen molar-refractivity contribution in [2.75, 3.05) is 25.6 Å². The molecule has 1 N–H and O–H groups in total. The molecule has 2 aromatic carbocycles. The lowest BCUT2D eigenvalue weighted by atomic mass is 10.2. The summed E-state index contributed by atoms with van der Waals surface area (Å²) in [5.74, 6) is 0.184. The Morgan fingerprint density at radius 3 is 2.61 bits per heavy atom. The molecule has 3 rings (SSSR count). The van der Waals surface area contributed by atoms with E-state index in [2.05, 4.69) is 10.4 Å². The molecule has 7 nitrogen and oxygen atoms in total. The van der Waals surface area contributed by atoms with E-state index < -0.39 is 11.5 Å². The Morgan fingerprint density at radius 2 is 1.86 bits per heavy atom. The van der Waals surface area contributed by atoms with Crippen molar-refractivity contribution in [3.63, 3.8) is 0 Å². The van der Waals surface area contributed by atoms with Crippen LogP contribution in [0.25, 0.3) is 5.69 Å². The number of para-hydroxylation sites is 2. The molecule has 0 aliphatic carbocycles. The van der Waals surface area contributed by atoms with E-state index in [1.54, 1.807) is 24.3 Å². The fraction of sp³-hybridized carbons (Fsp3) is 0.150. The van der Waals surface area contributed by atoms with Gasteiger partial charge in [0.15, 0.2) is 0 Å². The van der Waals surface area contributed by atoms with Crippen LogP contribution in [0.4, 0.5) is 5.69 Å². The Bertz CT molecular complexity index is 1020. The molecular formula is C20H18ClN3O4. The van der Waals surface area contributed by atoms with Crippen molar-refractivity contribution in [2.24, 2.45) is 0 Å². The molecule has 0 fully saturated rings. The number of aromatic nitrogens is 2. The first-order chi connectivity index (χ1) is 13.6. The fourth-order valence-electron chi connectivity index (χ4n) is 2.54. The van der Waals surface area contributed by atoms with E-state index in [1.807, 2.05) is 30.3 Å². The summed E-state index contributed by atoms with van der Waals surface area (Å²) in [4.78, 5) is 24.6. The third kappa shape index (κ3) is 4.32. The van der Waals surface area contributed by atoms with Crippen LogP contribution in [-0.4, -0.2) is 36.0 Å². The van der Waals surface area contributed by atoms with Crippen LogP contribution >= 0.6 is 11.6 Å². The van der Waals surface area contributed by atoms with E-state index in [0.717, 1.165) is 10.4 Å². The van der Waals surface area contributed by atoms with Crippen molar-refractivity contribution in [1.29, 1.82) is 0 Å². The first kappa shape index (κ1) is 19.4. The highest BCUT2D eigenvalue weighted by molar-refractivity contribution is 6.32. The summed E-state index contributed by atoms with van der Waals surface area (Å²) >= 11 is 6.22. The van der Waals surface area contributed by atoms with Crippen molar-refractivity contribution >= 4 is 23.3 Å². The maximum absolute atomic E-state index is 12.7. The normalized spacial score (nSPS) is 10.4. The number of ether oxygens (including phenoxy) is 2. The van der Waals surface area contributed by atoms with E-state index in [-0.39, 0.29) is 10.6 Å². The number of benzene rings is 2. The Hall–Kier alpha value is -3.32. The van der Waals surface area contributed by atoms with Gasteiger partial charge in [-0.1, -0.05) is 41.9 Å². The summed E-state index contributed by atoms with van der Waals surface area (Å²) in [5, 5.41) is 7.13. The minimum absolute atomic E-state index is 0.0330. The molecular weight excluding hydrogens is 382 g/mol. The summed E-state index contributed by atoms with van der Waals surface area (Å²) in [6.45, 7) is 0.813. The van der Waals surface area contributed by atoms with Crippen LogP contribution in [0, 0.1) is 0 Å². The van der Waals surface area contributed by atoms with Crippen LogP contribution in [0.15, 0.2) is 65.6 Å². The maximum atomic E-state index is 12.7. The number of rotatable bonds is 7. The zero-order chi connectivity index (χ0) is 19.9. The van der Waals surface area contributed by atoms with E-state index in [4.69, 9.17) is 21.1 Å². The standard InChI is InChI=1S/C20H18ClN3O4/c1-27-20(26)15-9-5-6-10-17(15)24-19(25)18(21)16(13-23-24)22-11-12-28-14-7-3-2-4-8-14/h2-10,13,22H,11-12H2,1H3. The molecule has 3 aromatic rings. The Labute approximate surface area is 166 Å². The van der Waals surface area contributed by atoms with E-state index in [9.17, 15) is 9.59 Å². The van der Waals surface area contributed by atoms with Crippen LogP contribution in [0.3, 0.4) is 0 Å². The Kier molecular flexibility index (Phi) is 6.29. The van der Waals surface area contributed by atoms with Crippen LogP contribution in [0.5, 0.6) is 5.75 Å². The molecule has 0 amide bonds. The highest BCUT2D eigenvalue weighted by Gasteiger charge is 2.17. The minimum Gasteiger partial charge on any atom is -0.492 e. The monoisotopic (exact) mass is 399 g/mol. The van der Waals surface area contributed by atoms with Gasteiger partial charge in [0.2, 0.25) is 0 Å². The number of hydrogen-bond donors (Lipinski definition) is 1. The first-order valence-corrected chi connectivity index (χ1v) is 8.87. The van der Waals surface area contributed by atoms with Gasteiger partial charge in [-0.25, -0.2) is 4.79 Å². The van der Waals surface area contributed by atoms with Crippen molar-refractivity contribution in [2.45, 2.75) is 0 Å². The van der Waals surface area contributed by atoms with Crippen molar-refractivity contribution in [1.82, 2.24) is 9.78 Å². The fourth-order valence-corrected chi connectivity index (χ4v) is 2.74. The number of carbonyl (C=O) groups is 1. The summed E-state index contributed by atoms with van der Waals surface area (Å²) in [7, 11) is 1.27. The van der Waals surface area contributed by atoms with Crippen molar-refractivity contribution < 1.29 is 14.3 Å². The molecule has 1 heterocycles. The van der Waals surface area contributed by atoms with Gasteiger partial charge in [-0.05, 0) is 24.3 Å². The predicted molar refractivity (Wildman–Crippen MR) is 107 cm³/mol. The van der Waals surface area contributed by atoms with Crippen LogP contribution < -0.4 is 15.6 Å². The van der Waals surface area contributed by atoms with E-state index in [0.29, 0.717) is 24.5 Å². The molecule has 28 heavy (non-hydrogen) atoms. The second-order valence-electron chi connectivity index (χ2n) is 5.69. The van der Waals surface area contributed by atoms with Crippen molar-refractivity contribution in [3.8, 4) is 11.4 Å². The lowest BCUT2D eigenvalue weighted by Crippen LogP contribution is -2.25. The summed E-state index contributed by atoms with van der Waals surface area (Å²) in [5.41, 5.74) is 0.343. The van der Waals surface area contributed by atoms with E-state index in [1.165, 1.54) is 13.3 Å². The third-order valence-corrected chi connectivity index (χ3v) is 4.25. The van der Waals surface area contributed by atoms with Gasteiger partial charge in [-0.2, -0.15) is 9.78 Å². The highest BCUT2D eigenvalue weighted by Crippen LogP contribution is 2.18. The zero-order valence-corrected chi connectivity index (χ0v) is 15.8. The Balaban J connectivity index is 1.75. The van der Waals surface area contributed by atoms with Gasteiger partial charge in [-0.15, -0.1) is 0 Å². The average Bonchev–Trinajstić information content (AvgIpc) is 2.74. The molecule has 0 aliphatic heterocycles. The van der Waals surface area contributed by atoms with Crippen molar-refractivity contribution in [3.05, 3.63) is 81.7 Å². The number of halogens is 1. The van der Waals surface area contributed by atoms with E-state index >= 15 is 0 Å². The minimum atomic E-state index is -0.569. The molecule has 1 aromatic heterocycles. The number of esters is 1. The smallest absolute Gasteiger partial charge is 0.340 e. The number of carbonyl (C=O) groups excluding carboxylic acids is 1. The van der Waals surface area contributed by atoms with Crippen LogP contribution in [0.2, 0.25) is 5.02 Å². The number of methoxy groups -OCH3 is 1. The Morgan fingerprint density at radius 1 is 1.14 bits per heavy atom. The molecule has 8 heteroatoms. The summed E-state index contributed by atoms with van der Waals surface area (Å²) < 4.78 is 11.4. The summed E-state index contributed by atoms with van der Waals surface area (Å²) in [6, 6.07) is 15.9. The number of nitrogens with one attached hydrogen (secondary N) is 1. The van der Waals surface area contributed by atoms with Gasteiger partial charge in [0.25, 0.3) is 5.56 Å². The second kappa shape index (κ2) is 9.05. The van der Waals surface area contributed by atoms with Gasteiger partial charge < -0.3 is 14.8 Å². The molecule has 0 bridgehead atoms. The largest absolute Gasteiger partial charge is 0.492 e. The predicted octanol–water partition coefficient (Wildman–Crippen LogP) is 3.16. The van der Waals surface area contributed by atoms with Gasteiger partial charge in [0.1, 0.15) is 17.4 Å². The number of anilines is 1. The average molecular weight is 400 g/mol. The number of hydrogen-bond acceptors (Lipinski definition) is 6. The first-order valence-electron chi connectivity index (χ1n) is 8.49. The molecule has 0 saturated carbocycles. The molecule has 144 valence electrons. The molecule has 0 saturated heterocycles. The third-order valence-electron chi connectivity index (χ3n) is 3.89. The van der Waals surface area contributed by atoms with Gasteiger partial charge in [-0.3, -0.25) is 4.79 Å². The topological polar surface area (TPSA) is 82.5 Å². The highest BCUT2D eigenvalue weighted by atomic mass is 35.5. The van der Waals surface area contributed by atoms with Gasteiger partial charge >= 0.3 is 5.97 Å². The molecule has 0 radical (unpaired) electrons. The number of nitrogens with zero attached hydrogens (tertiary/aromatic N) is 2. The van der Waals surface area contributed by atoms with Crippen LogP contribution in [0.1, 0.15) is 10.4 Å². The second-order valence-corrected chi connectivity index (χ2v) is 6.06. The van der Waals surface area contributed by atoms with Gasteiger partial charge in [0, 0.05) is 6.54 Å². The summed E-state index contributed by atoms with van der Waals surface area (Å²) in [6.07, 6.45) is 1.43. The molecule has 0 unspecified atom stereocenters. The van der Waals surface area contributed by atoms with Gasteiger partial charge in [0.05, 0.1) is 30.2 Å². The molecule has 0 aliphatic rings.